The van der Waals surface area contributed by atoms with Gasteiger partial charge in [-0.2, -0.15) is 0 Å². The topological polar surface area (TPSA) is 70.8 Å². The van der Waals surface area contributed by atoms with Gasteiger partial charge in [-0.25, -0.2) is 0 Å². The number of hydrogen-bond donors (Lipinski definition) is 0. The van der Waals surface area contributed by atoms with Crippen molar-refractivity contribution in [3.05, 3.63) is 34.0 Å². The number of hydrogen-bond acceptors (Lipinski definition) is 5. The van der Waals surface area contributed by atoms with Gasteiger partial charge in [-0.3, -0.25) is 10.1 Å². The minimum atomic E-state index is -0.525. The smallest absolute Gasteiger partial charge is 0.235 e. The first-order valence-corrected chi connectivity index (χ1v) is 5.91. The maximum Gasteiger partial charge on any atom is 0.235 e. The zero-order chi connectivity index (χ0) is 14.3. The fourth-order valence-corrected chi connectivity index (χ4v) is 1.54. The van der Waals surface area contributed by atoms with Crippen LogP contribution in [0.4, 0.5) is 0 Å². The highest BCUT2D eigenvalue weighted by molar-refractivity contribution is 5.61. The molecule has 0 aromatic heterocycles. The van der Waals surface area contributed by atoms with Crippen LogP contribution in [0.2, 0.25) is 0 Å². The monoisotopic (exact) mass is 267 g/mol. The molecule has 0 spiro atoms. The maximum atomic E-state index is 10.3. The summed E-state index contributed by atoms with van der Waals surface area (Å²) in [6, 6.07) is 3.34. The highest BCUT2D eigenvalue weighted by atomic mass is 16.6. The maximum absolute atomic E-state index is 10.3. The van der Waals surface area contributed by atoms with Crippen molar-refractivity contribution in [3.63, 3.8) is 0 Å². The molecule has 0 bridgehead atoms. The standard InChI is InChI=1S/C13H17NO5/c1-4-18-12-9-10(6-7-14(15)16)8-11(17-3)13(12)19-5-2/h6-9H,4-5H2,1-3H3/b7-6+. The van der Waals surface area contributed by atoms with E-state index >= 15 is 0 Å². The van der Waals surface area contributed by atoms with E-state index in [0.29, 0.717) is 36.0 Å². The minimum Gasteiger partial charge on any atom is -0.493 e. The summed E-state index contributed by atoms with van der Waals surface area (Å²) in [5.74, 6) is 1.49. The molecule has 19 heavy (non-hydrogen) atoms. The molecule has 0 aliphatic heterocycles. The third kappa shape index (κ3) is 4.17. The summed E-state index contributed by atoms with van der Waals surface area (Å²) in [7, 11) is 1.51. The van der Waals surface area contributed by atoms with Crippen molar-refractivity contribution >= 4 is 6.08 Å². The van der Waals surface area contributed by atoms with Crippen LogP contribution in [0.15, 0.2) is 18.3 Å². The molecule has 0 aliphatic carbocycles. The van der Waals surface area contributed by atoms with Crippen LogP contribution >= 0.6 is 0 Å². The van der Waals surface area contributed by atoms with Crippen molar-refractivity contribution in [2.75, 3.05) is 20.3 Å². The highest BCUT2D eigenvalue weighted by Crippen LogP contribution is 2.39. The van der Waals surface area contributed by atoms with Gasteiger partial charge in [0.1, 0.15) is 0 Å². The van der Waals surface area contributed by atoms with Crippen molar-refractivity contribution in [2.24, 2.45) is 0 Å². The zero-order valence-electron chi connectivity index (χ0n) is 11.2. The number of methoxy groups -OCH3 is 1. The molecule has 1 aromatic carbocycles. The lowest BCUT2D eigenvalue weighted by Gasteiger charge is -2.15. The van der Waals surface area contributed by atoms with E-state index in [0.717, 1.165) is 6.20 Å². The molecule has 0 unspecified atom stereocenters. The second-order valence-electron chi connectivity index (χ2n) is 3.52. The molecule has 0 atom stereocenters. The molecule has 6 nitrogen and oxygen atoms in total. The lowest BCUT2D eigenvalue weighted by Crippen LogP contribution is -2.01. The number of nitro groups is 1. The minimum absolute atomic E-state index is 0.464. The normalized spacial score (nSPS) is 10.5. The van der Waals surface area contributed by atoms with E-state index < -0.39 is 4.92 Å². The average Bonchev–Trinajstić information content (AvgIpc) is 2.39. The van der Waals surface area contributed by atoms with Crippen LogP contribution in [0.5, 0.6) is 17.2 Å². The van der Waals surface area contributed by atoms with Gasteiger partial charge in [0, 0.05) is 6.08 Å². The van der Waals surface area contributed by atoms with Gasteiger partial charge in [0.25, 0.3) is 0 Å². The van der Waals surface area contributed by atoms with Crippen molar-refractivity contribution in [2.45, 2.75) is 13.8 Å². The zero-order valence-corrected chi connectivity index (χ0v) is 11.2. The Balaban J connectivity index is 3.22. The Morgan fingerprint density at radius 1 is 1.21 bits per heavy atom. The summed E-state index contributed by atoms with van der Waals surface area (Å²) in [6.45, 7) is 4.64. The first kappa shape index (κ1) is 14.8. The van der Waals surface area contributed by atoms with E-state index in [1.54, 1.807) is 12.1 Å². The number of benzene rings is 1. The van der Waals surface area contributed by atoms with Crippen LogP contribution in [0.3, 0.4) is 0 Å². The summed E-state index contributed by atoms with van der Waals surface area (Å²) < 4.78 is 16.2. The van der Waals surface area contributed by atoms with Crippen LogP contribution in [0.1, 0.15) is 19.4 Å². The third-order valence-corrected chi connectivity index (χ3v) is 2.24. The average molecular weight is 267 g/mol. The molecule has 0 amide bonds. The predicted molar refractivity (Wildman–Crippen MR) is 71.4 cm³/mol. The Morgan fingerprint density at radius 3 is 2.37 bits per heavy atom. The van der Waals surface area contributed by atoms with E-state index in [1.807, 2.05) is 13.8 Å². The molecular weight excluding hydrogens is 250 g/mol. The molecule has 0 aliphatic rings. The van der Waals surface area contributed by atoms with Crippen LogP contribution in [0.25, 0.3) is 6.08 Å². The van der Waals surface area contributed by atoms with Gasteiger partial charge in [0.05, 0.1) is 25.2 Å². The summed E-state index contributed by atoms with van der Waals surface area (Å²) in [5.41, 5.74) is 0.612. The van der Waals surface area contributed by atoms with Crippen molar-refractivity contribution in [1.82, 2.24) is 0 Å². The van der Waals surface area contributed by atoms with Crippen LogP contribution in [-0.4, -0.2) is 25.2 Å². The van der Waals surface area contributed by atoms with Crippen LogP contribution in [-0.2, 0) is 0 Å². The third-order valence-electron chi connectivity index (χ3n) is 2.24. The molecule has 1 aromatic rings. The van der Waals surface area contributed by atoms with Crippen LogP contribution in [0, 0.1) is 10.1 Å². The Labute approximate surface area is 111 Å². The van der Waals surface area contributed by atoms with Gasteiger partial charge in [0.2, 0.25) is 11.9 Å². The lowest BCUT2D eigenvalue weighted by atomic mass is 10.1. The molecule has 0 saturated heterocycles. The summed E-state index contributed by atoms with van der Waals surface area (Å²) >= 11 is 0. The Hall–Kier alpha value is -2.24. The molecule has 0 radical (unpaired) electrons. The van der Waals surface area contributed by atoms with Crippen molar-refractivity contribution < 1.29 is 19.1 Å². The quantitative estimate of drug-likeness (QED) is 0.561. The second-order valence-corrected chi connectivity index (χ2v) is 3.52. The van der Waals surface area contributed by atoms with E-state index in [4.69, 9.17) is 14.2 Å². The first-order chi connectivity index (χ1) is 9.12. The molecule has 0 saturated carbocycles. The summed E-state index contributed by atoms with van der Waals surface area (Å²) in [6.07, 6.45) is 2.24. The Morgan fingerprint density at radius 2 is 1.84 bits per heavy atom. The molecule has 104 valence electrons. The second kappa shape index (κ2) is 7.25. The molecular formula is C13H17NO5. The van der Waals surface area contributed by atoms with E-state index in [2.05, 4.69) is 0 Å². The lowest BCUT2D eigenvalue weighted by molar-refractivity contribution is -0.400. The SMILES string of the molecule is CCOc1cc(/C=C/[N+](=O)[O-])cc(OC)c1OCC. The molecule has 0 N–H and O–H groups in total. The molecule has 1 rings (SSSR count). The van der Waals surface area contributed by atoms with Gasteiger partial charge in [0.15, 0.2) is 11.5 Å². The Kier molecular flexibility index (Phi) is 5.66. The van der Waals surface area contributed by atoms with E-state index in [-0.39, 0.29) is 0 Å². The Bertz CT molecular complexity index is 470. The fourth-order valence-electron chi connectivity index (χ4n) is 1.54. The van der Waals surface area contributed by atoms with Crippen LogP contribution < -0.4 is 14.2 Å². The van der Waals surface area contributed by atoms with Crippen molar-refractivity contribution in [3.8, 4) is 17.2 Å². The van der Waals surface area contributed by atoms with E-state index in [9.17, 15) is 10.1 Å². The molecule has 0 fully saturated rings. The van der Waals surface area contributed by atoms with Gasteiger partial charge in [-0.15, -0.1) is 0 Å². The van der Waals surface area contributed by atoms with Gasteiger partial charge < -0.3 is 14.2 Å². The predicted octanol–water partition coefficient (Wildman–Crippen LogP) is 2.74. The molecule has 0 heterocycles. The van der Waals surface area contributed by atoms with Gasteiger partial charge in [-0.05, 0) is 31.5 Å². The summed E-state index contributed by atoms with van der Waals surface area (Å²) in [4.78, 5) is 9.81. The van der Waals surface area contributed by atoms with Crippen molar-refractivity contribution in [1.29, 1.82) is 0 Å². The van der Waals surface area contributed by atoms with Gasteiger partial charge >= 0.3 is 0 Å². The highest BCUT2D eigenvalue weighted by Gasteiger charge is 2.13. The van der Waals surface area contributed by atoms with Gasteiger partial charge in [-0.1, -0.05) is 0 Å². The number of ether oxygens (including phenoxy) is 3. The molecule has 6 heteroatoms. The largest absolute Gasteiger partial charge is 0.493 e. The number of rotatable bonds is 7. The fraction of sp³-hybridized carbons (Fsp3) is 0.385. The van der Waals surface area contributed by atoms with E-state index in [1.165, 1.54) is 13.2 Å². The summed E-state index contributed by atoms with van der Waals surface area (Å²) in [5, 5.41) is 10.3. The number of nitrogens with zero attached hydrogens (tertiary/aromatic N) is 1. The first-order valence-electron chi connectivity index (χ1n) is 5.91.